The first kappa shape index (κ1) is 19.5. The Kier molecular flexibility index (Phi) is 6.13. The highest BCUT2D eigenvalue weighted by molar-refractivity contribution is 5.62. The Labute approximate surface area is 172 Å². The third kappa shape index (κ3) is 4.44. The first-order valence-corrected chi connectivity index (χ1v) is 10.2. The molecule has 0 amide bonds. The summed E-state index contributed by atoms with van der Waals surface area (Å²) in [5.41, 5.74) is 4.75. The molecule has 0 fully saturated rings. The van der Waals surface area contributed by atoms with Crippen molar-refractivity contribution in [3.8, 4) is 5.75 Å². The van der Waals surface area contributed by atoms with Crippen LogP contribution in [0.2, 0.25) is 0 Å². The molecular formula is C25H28N2O2. The number of hydrogen-bond acceptors (Lipinski definition) is 4. The quantitative estimate of drug-likeness (QED) is 0.613. The minimum absolute atomic E-state index is 0.0824. The van der Waals surface area contributed by atoms with Crippen LogP contribution in [0.4, 0.5) is 5.69 Å². The molecular weight excluding hydrogens is 360 g/mol. The van der Waals surface area contributed by atoms with Gasteiger partial charge in [0.25, 0.3) is 0 Å². The van der Waals surface area contributed by atoms with Gasteiger partial charge in [-0.25, -0.2) is 0 Å². The van der Waals surface area contributed by atoms with Crippen LogP contribution in [0.3, 0.4) is 0 Å². The molecule has 0 radical (unpaired) electrons. The molecule has 2 atom stereocenters. The summed E-state index contributed by atoms with van der Waals surface area (Å²) in [6.45, 7) is 2.00. The van der Waals surface area contributed by atoms with Gasteiger partial charge in [0.15, 0.2) is 0 Å². The van der Waals surface area contributed by atoms with E-state index < -0.39 is 6.10 Å². The molecule has 3 aromatic rings. The molecule has 1 aliphatic rings. The molecule has 0 saturated carbocycles. The van der Waals surface area contributed by atoms with Gasteiger partial charge in [-0.15, -0.1) is 0 Å². The molecule has 4 nitrogen and oxygen atoms in total. The van der Waals surface area contributed by atoms with Gasteiger partial charge in [0.1, 0.15) is 12.4 Å². The Morgan fingerprint density at radius 3 is 2.45 bits per heavy atom. The minimum atomic E-state index is -0.498. The summed E-state index contributed by atoms with van der Waals surface area (Å²) in [6, 6.07) is 26.7. The van der Waals surface area contributed by atoms with Gasteiger partial charge in [0.2, 0.25) is 0 Å². The normalized spacial score (nSPS) is 15.0. The number of benzene rings is 3. The smallest absolute Gasteiger partial charge is 0.120 e. The fraction of sp³-hybridized carbons (Fsp3) is 0.280. The van der Waals surface area contributed by atoms with Crippen LogP contribution in [0.25, 0.3) is 0 Å². The summed E-state index contributed by atoms with van der Waals surface area (Å²) >= 11 is 0. The van der Waals surface area contributed by atoms with Crippen LogP contribution in [0.15, 0.2) is 78.9 Å². The Morgan fingerprint density at radius 2 is 1.72 bits per heavy atom. The van der Waals surface area contributed by atoms with Crippen molar-refractivity contribution < 1.29 is 9.84 Å². The maximum atomic E-state index is 10.9. The lowest BCUT2D eigenvalue weighted by molar-refractivity contribution is 0.141. The van der Waals surface area contributed by atoms with Gasteiger partial charge in [-0.05, 0) is 48.4 Å². The average molecular weight is 389 g/mol. The lowest BCUT2D eigenvalue weighted by atomic mass is 9.99. The fourth-order valence-electron chi connectivity index (χ4n) is 4.10. The number of aliphatic hydroxyl groups excluding tert-OH is 1. The SMILES string of the molecule is CNC[C@H](O)C(c1ccccc1)N1CCc2cc(OCc3ccccc3)ccc21. The van der Waals surface area contributed by atoms with Crippen LogP contribution in [0, 0.1) is 0 Å². The van der Waals surface area contributed by atoms with Crippen LogP contribution in [0.1, 0.15) is 22.7 Å². The highest BCUT2D eigenvalue weighted by Gasteiger charge is 2.32. The Balaban J connectivity index is 1.55. The van der Waals surface area contributed by atoms with E-state index in [2.05, 4.69) is 46.6 Å². The minimum Gasteiger partial charge on any atom is -0.489 e. The number of rotatable bonds is 8. The van der Waals surface area contributed by atoms with Crippen molar-refractivity contribution in [1.82, 2.24) is 5.32 Å². The molecule has 2 N–H and O–H groups in total. The molecule has 4 heteroatoms. The molecule has 0 spiro atoms. The molecule has 1 unspecified atom stereocenters. The molecule has 3 aromatic carbocycles. The second-order valence-corrected chi connectivity index (χ2v) is 7.49. The third-order valence-electron chi connectivity index (χ3n) is 5.49. The predicted octanol–water partition coefficient (Wildman–Crippen LogP) is 3.95. The molecule has 1 heterocycles. The monoisotopic (exact) mass is 388 g/mol. The lowest BCUT2D eigenvalue weighted by Gasteiger charge is -2.34. The van der Waals surface area contributed by atoms with Gasteiger partial charge in [-0.1, -0.05) is 60.7 Å². The van der Waals surface area contributed by atoms with Crippen molar-refractivity contribution in [1.29, 1.82) is 0 Å². The van der Waals surface area contributed by atoms with Crippen LogP contribution >= 0.6 is 0 Å². The van der Waals surface area contributed by atoms with Gasteiger partial charge in [-0.2, -0.15) is 0 Å². The molecule has 29 heavy (non-hydrogen) atoms. The lowest BCUT2D eigenvalue weighted by Crippen LogP contribution is -2.40. The van der Waals surface area contributed by atoms with Gasteiger partial charge in [0, 0.05) is 18.8 Å². The topological polar surface area (TPSA) is 44.7 Å². The molecule has 0 saturated heterocycles. The second kappa shape index (κ2) is 9.12. The Morgan fingerprint density at radius 1 is 1.00 bits per heavy atom. The van der Waals surface area contributed by atoms with E-state index in [1.807, 2.05) is 49.5 Å². The number of likely N-dealkylation sites (N-methyl/N-ethyl adjacent to an activating group) is 1. The van der Waals surface area contributed by atoms with Gasteiger partial charge in [0.05, 0.1) is 12.1 Å². The highest BCUT2D eigenvalue weighted by Crippen LogP contribution is 2.38. The zero-order valence-corrected chi connectivity index (χ0v) is 16.8. The molecule has 0 aromatic heterocycles. The van der Waals surface area contributed by atoms with Gasteiger partial charge in [-0.3, -0.25) is 0 Å². The maximum absolute atomic E-state index is 10.9. The standard InChI is InChI=1S/C25H28N2O2/c1-26-17-24(28)25(20-10-6-3-7-11-20)27-15-14-21-16-22(12-13-23(21)27)29-18-19-8-4-2-5-9-19/h2-13,16,24-26,28H,14-15,17-18H2,1H3/t24-,25?/m0/s1. The van der Waals surface area contributed by atoms with E-state index in [1.165, 1.54) is 11.3 Å². The highest BCUT2D eigenvalue weighted by atomic mass is 16.5. The zero-order valence-electron chi connectivity index (χ0n) is 16.8. The Hall–Kier alpha value is -2.82. The van der Waals surface area contributed by atoms with Crippen LogP contribution < -0.4 is 15.0 Å². The largest absolute Gasteiger partial charge is 0.489 e. The summed E-state index contributed by atoms with van der Waals surface area (Å²) in [6.07, 6.45) is 0.454. The summed E-state index contributed by atoms with van der Waals surface area (Å²) in [5.74, 6) is 0.890. The van der Waals surface area contributed by atoms with E-state index in [4.69, 9.17) is 4.74 Å². The molecule has 4 rings (SSSR count). The zero-order chi connectivity index (χ0) is 20.1. The molecule has 1 aliphatic heterocycles. The molecule has 0 aliphatic carbocycles. The van der Waals surface area contributed by atoms with E-state index in [0.717, 1.165) is 29.8 Å². The van der Waals surface area contributed by atoms with Crippen molar-refractivity contribution in [3.63, 3.8) is 0 Å². The number of fused-ring (bicyclic) bond motifs is 1. The third-order valence-corrected chi connectivity index (χ3v) is 5.49. The number of aliphatic hydroxyl groups is 1. The number of nitrogens with zero attached hydrogens (tertiary/aromatic N) is 1. The number of nitrogens with one attached hydrogen (secondary N) is 1. The van der Waals surface area contributed by atoms with E-state index >= 15 is 0 Å². The number of hydrogen-bond donors (Lipinski definition) is 2. The van der Waals surface area contributed by atoms with Gasteiger partial charge >= 0.3 is 0 Å². The number of anilines is 1. The van der Waals surface area contributed by atoms with Crippen LogP contribution in [-0.2, 0) is 13.0 Å². The van der Waals surface area contributed by atoms with E-state index in [0.29, 0.717) is 13.2 Å². The Bertz CT molecular complexity index is 915. The van der Waals surface area contributed by atoms with Crippen molar-refractivity contribution in [2.75, 3.05) is 25.0 Å². The van der Waals surface area contributed by atoms with Crippen molar-refractivity contribution in [3.05, 3.63) is 95.6 Å². The van der Waals surface area contributed by atoms with Crippen LogP contribution in [0.5, 0.6) is 5.75 Å². The van der Waals surface area contributed by atoms with Gasteiger partial charge < -0.3 is 20.1 Å². The molecule has 0 bridgehead atoms. The summed E-state index contributed by atoms with van der Waals surface area (Å²) < 4.78 is 6.01. The summed E-state index contributed by atoms with van der Waals surface area (Å²) in [5, 5.41) is 14.0. The second-order valence-electron chi connectivity index (χ2n) is 7.49. The number of ether oxygens (including phenoxy) is 1. The predicted molar refractivity (Wildman–Crippen MR) is 117 cm³/mol. The maximum Gasteiger partial charge on any atom is 0.120 e. The van der Waals surface area contributed by atoms with Crippen LogP contribution in [-0.4, -0.2) is 31.3 Å². The van der Waals surface area contributed by atoms with Crippen molar-refractivity contribution >= 4 is 5.69 Å². The van der Waals surface area contributed by atoms with Crippen molar-refractivity contribution in [2.24, 2.45) is 0 Å². The summed E-state index contributed by atoms with van der Waals surface area (Å²) in [4.78, 5) is 2.33. The average Bonchev–Trinajstić information content (AvgIpc) is 3.17. The first-order chi connectivity index (χ1) is 14.3. The van der Waals surface area contributed by atoms with E-state index in [-0.39, 0.29) is 6.04 Å². The van der Waals surface area contributed by atoms with Crippen molar-refractivity contribution in [2.45, 2.75) is 25.2 Å². The van der Waals surface area contributed by atoms with E-state index in [9.17, 15) is 5.11 Å². The fourth-order valence-corrected chi connectivity index (χ4v) is 4.10. The molecule has 150 valence electrons. The van der Waals surface area contributed by atoms with E-state index in [1.54, 1.807) is 0 Å². The first-order valence-electron chi connectivity index (χ1n) is 10.2. The summed E-state index contributed by atoms with van der Waals surface area (Å²) in [7, 11) is 1.87.